The lowest BCUT2D eigenvalue weighted by molar-refractivity contribution is -0.610. The number of carbonyl (C=O) groups excluding carboxylic acids is 2. The van der Waals surface area contributed by atoms with Crippen LogP contribution in [-0.2, 0) is 54.3 Å². The van der Waals surface area contributed by atoms with Crippen molar-refractivity contribution in [3.63, 3.8) is 0 Å². The molecule has 0 spiro atoms. The molecule has 0 aliphatic carbocycles. The Morgan fingerprint density at radius 1 is 0.808 bits per heavy atom. The second-order valence-corrected chi connectivity index (χ2v) is 22.2. The summed E-state index contributed by atoms with van der Waals surface area (Å²) >= 11 is 0. The van der Waals surface area contributed by atoms with E-state index in [0.29, 0.717) is 13.0 Å². The van der Waals surface area contributed by atoms with Gasteiger partial charge in [0.15, 0.2) is 24.2 Å². The minimum Gasteiger partial charge on any atom is -0.440 e. The molecule has 21 nitrogen and oxygen atoms in total. The summed E-state index contributed by atoms with van der Waals surface area (Å²) in [5.74, 6) is -0.164. The Hall–Kier alpha value is -4.66. The first kappa shape index (κ1) is 62.5. The van der Waals surface area contributed by atoms with Crippen LogP contribution in [0.2, 0.25) is 0 Å². The standard InChI is InChI=1S/C56H82N4O17S/c1-7-9-26-56(5)38-20-17-16-19-37(38)40(60(56)29-10-8-2)21-13-11-14-22-44-55(3,4)39-33-36(78(69,70)71)24-25-41(39)59(44)28-18-12-15-23-45(63)58-27-30-72-31-32-73-53-51(47(65)46(64)42(34-61)74-53)76-52-49(67)48(66)50(43(35-62)75-52)77-54(68)57-6/h11,13-14,16-17,19-22,24-25,33,42-43,46-53,61-62,64-67H,7-10,12,15,18,23,26-32,34-35H2,1-6H3,(H2-,57,58,63,68,69,70,71)/p+1/t42-,43+,46+,47-,48+,49-,50+,51-,52+,53-,56?/m0/s1. The Kier molecular flexibility index (Phi) is 23.0. The molecule has 4 aliphatic rings. The third-order valence-electron chi connectivity index (χ3n) is 15.1. The summed E-state index contributed by atoms with van der Waals surface area (Å²) < 4.78 is 70.4. The second kappa shape index (κ2) is 28.7. The second-order valence-electron chi connectivity index (χ2n) is 20.8. The fourth-order valence-electron chi connectivity index (χ4n) is 10.7. The maximum Gasteiger partial charge on any atom is 0.407 e. The van der Waals surface area contributed by atoms with Crippen LogP contribution in [0.15, 0.2) is 83.4 Å². The van der Waals surface area contributed by atoms with Gasteiger partial charge in [0.2, 0.25) is 11.6 Å². The molecule has 78 heavy (non-hydrogen) atoms. The highest BCUT2D eigenvalue weighted by Crippen LogP contribution is 2.49. The third kappa shape index (κ3) is 14.8. The normalized spacial score (nSPS) is 28.4. The fraction of sp³-hybridized carbons (Fsp3) is 0.625. The smallest absolute Gasteiger partial charge is 0.407 e. The number of benzene rings is 2. The van der Waals surface area contributed by atoms with E-state index in [-0.39, 0.29) is 49.1 Å². The number of alkyl carbamates (subject to hydrolysis) is 1. The number of amides is 2. The quantitative estimate of drug-likeness (QED) is 0.0255. The minimum absolute atomic E-state index is 0.0150. The first-order chi connectivity index (χ1) is 37.3. The molecule has 4 heterocycles. The number of allylic oxidation sites excluding steroid dienone is 6. The van der Waals surface area contributed by atoms with E-state index in [1.807, 2.05) is 26.0 Å². The number of nitrogens with zero attached hydrogens (tertiary/aromatic N) is 2. The van der Waals surface area contributed by atoms with Crippen molar-refractivity contribution in [2.24, 2.45) is 0 Å². The molecule has 2 amide bonds. The average Bonchev–Trinajstić information content (AvgIpc) is 4.06. The topological polar surface area (TPSA) is 296 Å². The number of nitrogens with one attached hydrogen (secondary N) is 2. The molecule has 2 aromatic carbocycles. The van der Waals surface area contributed by atoms with Crippen LogP contribution in [-0.4, -0.2) is 187 Å². The fourth-order valence-corrected chi connectivity index (χ4v) is 11.2. The predicted molar refractivity (Wildman–Crippen MR) is 288 cm³/mol. The van der Waals surface area contributed by atoms with Crippen LogP contribution in [0.25, 0.3) is 0 Å². The molecule has 6 rings (SSSR count). The molecule has 2 saturated heterocycles. The van der Waals surface area contributed by atoms with E-state index in [9.17, 15) is 53.2 Å². The van der Waals surface area contributed by atoms with Gasteiger partial charge >= 0.3 is 6.09 Å². The van der Waals surface area contributed by atoms with Crippen molar-refractivity contribution in [1.82, 2.24) is 10.6 Å². The summed E-state index contributed by atoms with van der Waals surface area (Å²) in [6.07, 6.45) is 1.44. The Bertz CT molecular complexity index is 2560. The zero-order valence-corrected chi connectivity index (χ0v) is 46.6. The molecule has 4 aliphatic heterocycles. The number of ether oxygens (including phenoxy) is 6. The lowest BCUT2D eigenvalue weighted by atomic mass is 9.83. The molecule has 0 radical (unpaired) electrons. The van der Waals surface area contributed by atoms with Gasteiger partial charge in [-0.15, -0.1) is 0 Å². The van der Waals surface area contributed by atoms with Crippen molar-refractivity contribution >= 4 is 33.5 Å². The molecule has 1 unspecified atom stereocenters. The summed E-state index contributed by atoms with van der Waals surface area (Å²) in [5, 5.41) is 67.7. The first-order valence-electron chi connectivity index (χ1n) is 27.2. The van der Waals surface area contributed by atoms with Crippen molar-refractivity contribution < 1.29 is 86.2 Å². The molecule has 11 atom stereocenters. The molecule has 0 aromatic heterocycles. The molecule has 434 valence electrons. The van der Waals surface area contributed by atoms with Gasteiger partial charge in [-0.2, -0.15) is 8.42 Å². The van der Waals surface area contributed by atoms with Crippen molar-refractivity contribution in [1.29, 1.82) is 0 Å². The highest BCUT2D eigenvalue weighted by atomic mass is 32.2. The van der Waals surface area contributed by atoms with Gasteiger partial charge in [0.1, 0.15) is 49.3 Å². The summed E-state index contributed by atoms with van der Waals surface area (Å²) in [5.41, 5.74) is 5.76. The van der Waals surface area contributed by atoms with Gasteiger partial charge in [-0.3, -0.25) is 9.35 Å². The molecule has 0 bridgehead atoms. The molecular formula is C56H83N4O17S+. The maximum atomic E-state index is 12.8. The van der Waals surface area contributed by atoms with Crippen LogP contribution in [0.5, 0.6) is 0 Å². The van der Waals surface area contributed by atoms with Gasteiger partial charge in [0, 0.05) is 74.8 Å². The number of unbranched alkanes of at least 4 members (excludes halogenated alkanes) is 4. The Morgan fingerprint density at radius 3 is 2.23 bits per heavy atom. The van der Waals surface area contributed by atoms with Gasteiger partial charge in [0.25, 0.3) is 10.1 Å². The van der Waals surface area contributed by atoms with Gasteiger partial charge in [0.05, 0.1) is 43.5 Å². The summed E-state index contributed by atoms with van der Waals surface area (Å²) in [4.78, 5) is 26.7. The lowest BCUT2D eigenvalue weighted by Gasteiger charge is -2.46. The zero-order valence-electron chi connectivity index (χ0n) is 45.7. The minimum atomic E-state index is -4.44. The summed E-state index contributed by atoms with van der Waals surface area (Å²) in [6.45, 7) is 11.2. The highest BCUT2D eigenvalue weighted by Gasteiger charge is 2.52. The molecule has 0 saturated carbocycles. The monoisotopic (exact) mass is 1120 g/mol. The number of aliphatic hydroxyl groups is 6. The summed E-state index contributed by atoms with van der Waals surface area (Å²) in [7, 11) is -3.16. The van der Waals surface area contributed by atoms with Gasteiger partial charge in [-0.1, -0.05) is 83.4 Å². The van der Waals surface area contributed by atoms with Gasteiger partial charge in [-0.25, -0.2) is 9.37 Å². The number of aliphatic hydroxyl groups excluding tert-OH is 6. The Balaban J connectivity index is 0.991. The first-order valence-corrected chi connectivity index (χ1v) is 28.7. The largest absolute Gasteiger partial charge is 0.440 e. The summed E-state index contributed by atoms with van der Waals surface area (Å²) in [6, 6.07) is 13.4. The maximum absolute atomic E-state index is 12.8. The van der Waals surface area contributed by atoms with E-state index in [1.165, 1.54) is 30.0 Å². The number of carbonyl (C=O) groups is 2. The lowest BCUT2D eigenvalue weighted by Crippen LogP contribution is -2.65. The number of hydrogen-bond acceptors (Lipinski definition) is 17. The van der Waals surface area contributed by atoms with E-state index in [0.717, 1.165) is 68.4 Å². The van der Waals surface area contributed by atoms with Gasteiger partial charge < -0.3 is 74.6 Å². The van der Waals surface area contributed by atoms with E-state index in [2.05, 4.69) is 83.4 Å². The Labute approximate surface area is 458 Å². The van der Waals surface area contributed by atoms with Crippen molar-refractivity contribution in [3.8, 4) is 0 Å². The molecule has 2 aromatic rings. The van der Waals surface area contributed by atoms with Crippen LogP contribution < -0.4 is 15.5 Å². The zero-order chi connectivity index (χ0) is 56.8. The van der Waals surface area contributed by atoms with E-state index in [1.54, 1.807) is 12.1 Å². The predicted octanol–water partition coefficient (Wildman–Crippen LogP) is 3.45. The van der Waals surface area contributed by atoms with Crippen LogP contribution >= 0.6 is 0 Å². The number of anilines is 1. The number of fused-ring (bicyclic) bond motifs is 2. The molecule has 22 heteroatoms. The van der Waals surface area contributed by atoms with E-state index >= 15 is 0 Å². The molecule has 2 fully saturated rings. The SMILES string of the molecule is CCCC[N+]1=C(/C=C/C=C/C=C2\N(CCCCCC(=O)NCCOCCO[C@H]3O[C@@H](CO)[C@@H](O)[C@H](O)[C@@H]3O[C@H]3O[C@H](CO)[C@@H](OC(=O)NC)[C@H](O)[C@@H]3O)c3ccc(S(=O)(=O)O)cc3C2(C)C)c2ccccc2C1(C)CCCC. The van der Waals surface area contributed by atoms with Crippen LogP contribution in [0.1, 0.15) is 109 Å². The molecular weight excluding hydrogens is 1030 g/mol. The van der Waals surface area contributed by atoms with Crippen molar-refractivity contribution in [2.75, 3.05) is 64.6 Å². The number of hydrogen-bond donors (Lipinski definition) is 9. The van der Waals surface area contributed by atoms with Gasteiger partial charge in [-0.05, 0) is 55.2 Å². The van der Waals surface area contributed by atoms with Crippen molar-refractivity contribution in [2.45, 2.75) is 170 Å². The highest BCUT2D eigenvalue weighted by molar-refractivity contribution is 7.85. The Morgan fingerprint density at radius 2 is 1.53 bits per heavy atom. The van der Waals surface area contributed by atoms with Crippen molar-refractivity contribution in [3.05, 3.63) is 95.2 Å². The number of rotatable bonds is 28. The molecule has 9 N–H and O–H groups in total. The van der Waals surface area contributed by atoms with Crippen LogP contribution in [0.3, 0.4) is 0 Å². The van der Waals surface area contributed by atoms with Crippen LogP contribution in [0.4, 0.5) is 10.5 Å². The van der Waals surface area contributed by atoms with E-state index < -0.39 is 96.3 Å². The van der Waals surface area contributed by atoms with E-state index in [4.69, 9.17) is 28.4 Å². The third-order valence-corrected chi connectivity index (χ3v) is 15.9. The average molecular weight is 1120 g/mol. The van der Waals surface area contributed by atoms with Crippen LogP contribution in [0, 0.1) is 0 Å².